The van der Waals surface area contributed by atoms with Crippen molar-refractivity contribution in [2.24, 2.45) is 0 Å². The molecule has 1 heterocycles. The van der Waals surface area contributed by atoms with Gasteiger partial charge in [-0.05, 0) is 42.7 Å². The maximum atomic E-state index is 9.81. The van der Waals surface area contributed by atoms with Crippen molar-refractivity contribution >= 4 is 0 Å². The van der Waals surface area contributed by atoms with Crippen molar-refractivity contribution in [2.45, 2.75) is 19.4 Å². The highest BCUT2D eigenvalue weighted by Gasteiger charge is 2.25. The highest BCUT2D eigenvalue weighted by Crippen LogP contribution is 2.39. The van der Waals surface area contributed by atoms with Crippen LogP contribution in [0.15, 0.2) is 30.3 Å². The van der Waals surface area contributed by atoms with Gasteiger partial charge in [0.2, 0.25) is 0 Å². The molecule has 0 aromatic heterocycles. The molecule has 3 rings (SSSR count). The molecular formula is C17H19NO3. The predicted molar refractivity (Wildman–Crippen MR) is 81.1 cm³/mol. The van der Waals surface area contributed by atoms with Gasteiger partial charge >= 0.3 is 0 Å². The van der Waals surface area contributed by atoms with Gasteiger partial charge in [0.05, 0.1) is 13.2 Å². The van der Waals surface area contributed by atoms with Crippen LogP contribution in [-0.2, 0) is 6.42 Å². The van der Waals surface area contributed by atoms with Crippen molar-refractivity contribution in [2.75, 3.05) is 13.7 Å². The van der Waals surface area contributed by atoms with E-state index in [2.05, 4.69) is 11.4 Å². The lowest BCUT2D eigenvalue weighted by Crippen LogP contribution is -2.30. The van der Waals surface area contributed by atoms with Gasteiger partial charge in [0, 0.05) is 12.1 Å². The van der Waals surface area contributed by atoms with E-state index in [1.807, 2.05) is 19.1 Å². The van der Waals surface area contributed by atoms with Crippen LogP contribution in [0.4, 0.5) is 0 Å². The quantitative estimate of drug-likeness (QED) is 0.742. The van der Waals surface area contributed by atoms with Gasteiger partial charge in [0.1, 0.15) is 5.75 Å². The van der Waals surface area contributed by atoms with E-state index in [1.165, 1.54) is 0 Å². The molecular weight excluding hydrogens is 266 g/mol. The number of ether oxygens (including phenoxy) is 1. The van der Waals surface area contributed by atoms with E-state index in [-0.39, 0.29) is 17.5 Å². The van der Waals surface area contributed by atoms with Crippen LogP contribution >= 0.6 is 0 Å². The van der Waals surface area contributed by atoms with E-state index in [9.17, 15) is 10.2 Å². The number of hydrogen-bond donors (Lipinski definition) is 3. The van der Waals surface area contributed by atoms with E-state index in [1.54, 1.807) is 19.2 Å². The number of benzene rings is 2. The zero-order valence-corrected chi connectivity index (χ0v) is 12.2. The minimum atomic E-state index is -0.0888. The van der Waals surface area contributed by atoms with Crippen molar-refractivity contribution in [3.05, 3.63) is 52.6 Å². The Morgan fingerprint density at radius 1 is 1.10 bits per heavy atom. The molecule has 1 aliphatic heterocycles. The molecule has 1 unspecified atom stereocenters. The summed E-state index contributed by atoms with van der Waals surface area (Å²) in [7, 11) is 1.66. The summed E-state index contributed by atoms with van der Waals surface area (Å²) in [6, 6.07) is 9.32. The molecule has 0 bridgehead atoms. The third-order valence-electron chi connectivity index (χ3n) is 3.99. The number of phenols is 2. The summed E-state index contributed by atoms with van der Waals surface area (Å²) in [6.07, 6.45) is 0.827. The molecule has 0 radical (unpaired) electrons. The van der Waals surface area contributed by atoms with Crippen LogP contribution in [0.25, 0.3) is 0 Å². The first-order valence-electron chi connectivity index (χ1n) is 7.03. The Bertz CT molecular complexity index is 682. The van der Waals surface area contributed by atoms with Crippen molar-refractivity contribution in [3.63, 3.8) is 0 Å². The molecule has 21 heavy (non-hydrogen) atoms. The van der Waals surface area contributed by atoms with Gasteiger partial charge < -0.3 is 20.3 Å². The molecule has 0 saturated carbocycles. The van der Waals surface area contributed by atoms with E-state index in [0.717, 1.165) is 41.0 Å². The van der Waals surface area contributed by atoms with Crippen LogP contribution in [0.3, 0.4) is 0 Å². The summed E-state index contributed by atoms with van der Waals surface area (Å²) in [5.74, 6) is 0.665. The number of aryl methyl sites for hydroxylation is 1. The Kier molecular flexibility index (Phi) is 3.47. The second-order valence-corrected chi connectivity index (χ2v) is 5.42. The largest absolute Gasteiger partial charge is 0.504 e. The highest BCUT2D eigenvalue weighted by molar-refractivity contribution is 5.52. The normalized spacial score (nSPS) is 17.3. The molecule has 0 spiro atoms. The molecule has 3 N–H and O–H groups in total. The molecule has 0 aliphatic carbocycles. The number of fused-ring (bicyclic) bond motifs is 1. The molecule has 110 valence electrons. The Morgan fingerprint density at radius 3 is 2.62 bits per heavy atom. The highest BCUT2D eigenvalue weighted by atomic mass is 16.5. The van der Waals surface area contributed by atoms with Crippen molar-refractivity contribution in [3.8, 4) is 17.2 Å². The van der Waals surface area contributed by atoms with Crippen LogP contribution < -0.4 is 10.1 Å². The summed E-state index contributed by atoms with van der Waals surface area (Å²) in [5, 5.41) is 23.0. The van der Waals surface area contributed by atoms with Gasteiger partial charge in [-0.3, -0.25) is 0 Å². The predicted octanol–water partition coefficient (Wildman–Crippen LogP) is 2.65. The Labute approximate surface area is 124 Å². The zero-order valence-electron chi connectivity index (χ0n) is 12.2. The first kappa shape index (κ1) is 13.8. The fraction of sp³-hybridized carbons (Fsp3) is 0.294. The second-order valence-electron chi connectivity index (χ2n) is 5.42. The molecule has 2 aromatic rings. The SMILES string of the molecule is COc1ccc(C)cc1C1NCCc2cc(O)c(O)cc21. The van der Waals surface area contributed by atoms with Crippen LogP contribution in [0, 0.1) is 6.92 Å². The Hall–Kier alpha value is -2.20. The second kappa shape index (κ2) is 5.30. The summed E-state index contributed by atoms with van der Waals surface area (Å²) in [6.45, 7) is 2.86. The lowest BCUT2D eigenvalue weighted by molar-refractivity contribution is 0.395. The Balaban J connectivity index is 2.14. The summed E-state index contributed by atoms with van der Waals surface area (Å²) in [5.41, 5.74) is 4.24. The number of phenolic OH excluding ortho intramolecular Hbond substituents is 2. The van der Waals surface area contributed by atoms with Gasteiger partial charge in [-0.15, -0.1) is 0 Å². The number of aromatic hydroxyl groups is 2. The molecule has 1 atom stereocenters. The minimum absolute atomic E-state index is 0.0462. The molecule has 4 nitrogen and oxygen atoms in total. The Morgan fingerprint density at radius 2 is 1.86 bits per heavy atom. The van der Waals surface area contributed by atoms with Crippen LogP contribution in [0.1, 0.15) is 28.3 Å². The molecule has 2 aromatic carbocycles. The molecule has 1 aliphatic rings. The van der Waals surface area contributed by atoms with E-state index in [0.29, 0.717) is 0 Å². The standard InChI is InChI=1S/C17H19NO3/c1-10-3-4-16(21-2)13(7-10)17-12-9-15(20)14(19)8-11(12)5-6-18-17/h3-4,7-9,17-20H,5-6H2,1-2H3. The lowest BCUT2D eigenvalue weighted by atomic mass is 9.88. The number of hydrogen-bond acceptors (Lipinski definition) is 4. The van der Waals surface area contributed by atoms with E-state index < -0.39 is 0 Å². The van der Waals surface area contributed by atoms with E-state index in [4.69, 9.17) is 4.74 Å². The maximum Gasteiger partial charge on any atom is 0.157 e. The average Bonchev–Trinajstić information content (AvgIpc) is 2.48. The summed E-state index contributed by atoms with van der Waals surface area (Å²) < 4.78 is 5.47. The topological polar surface area (TPSA) is 61.7 Å². The fourth-order valence-corrected chi connectivity index (χ4v) is 2.94. The van der Waals surface area contributed by atoms with Gasteiger partial charge in [0.15, 0.2) is 11.5 Å². The van der Waals surface area contributed by atoms with Crippen molar-refractivity contribution < 1.29 is 14.9 Å². The monoisotopic (exact) mass is 285 g/mol. The number of rotatable bonds is 2. The molecule has 0 saturated heterocycles. The minimum Gasteiger partial charge on any atom is -0.504 e. The van der Waals surface area contributed by atoms with Crippen LogP contribution in [0.2, 0.25) is 0 Å². The third kappa shape index (κ3) is 2.43. The summed E-state index contributed by atoms with van der Waals surface area (Å²) >= 11 is 0. The average molecular weight is 285 g/mol. The lowest BCUT2D eigenvalue weighted by Gasteiger charge is -2.29. The molecule has 0 fully saturated rings. The maximum absolute atomic E-state index is 9.81. The van der Waals surface area contributed by atoms with Crippen LogP contribution in [-0.4, -0.2) is 23.9 Å². The summed E-state index contributed by atoms with van der Waals surface area (Å²) in [4.78, 5) is 0. The first-order chi connectivity index (χ1) is 10.1. The molecule has 0 amide bonds. The first-order valence-corrected chi connectivity index (χ1v) is 7.03. The number of nitrogens with one attached hydrogen (secondary N) is 1. The van der Waals surface area contributed by atoms with Gasteiger partial charge in [-0.2, -0.15) is 0 Å². The fourth-order valence-electron chi connectivity index (χ4n) is 2.94. The third-order valence-corrected chi connectivity index (χ3v) is 3.99. The van der Waals surface area contributed by atoms with Crippen molar-refractivity contribution in [1.29, 1.82) is 0 Å². The van der Waals surface area contributed by atoms with E-state index >= 15 is 0 Å². The van der Waals surface area contributed by atoms with Crippen LogP contribution in [0.5, 0.6) is 17.2 Å². The van der Waals surface area contributed by atoms with Gasteiger partial charge in [-0.25, -0.2) is 0 Å². The number of methoxy groups -OCH3 is 1. The van der Waals surface area contributed by atoms with Gasteiger partial charge in [-0.1, -0.05) is 17.7 Å². The molecule has 4 heteroatoms. The van der Waals surface area contributed by atoms with Gasteiger partial charge in [0.25, 0.3) is 0 Å². The van der Waals surface area contributed by atoms with Crippen molar-refractivity contribution in [1.82, 2.24) is 5.32 Å². The smallest absolute Gasteiger partial charge is 0.157 e. The zero-order chi connectivity index (χ0) is 15.0.